The molecular formula is C18H20N2Na4O12S2. The van der Waals surface area contributed by atoms with Gasteiger partial charge in [-0.05, 0) is 36.4 Å². The molecule has 0 radical (unpaired) electrons. The average molecular weight is 612 g/mol. The second-order valence-electron chi connectivity index (χ2n) is 6.85. The fourth-order valence-electron chi connectivity index (χ4n) is 2.93. The molecule has 2 rings (SSSR count). The molecule has 0 heterocycles. The molecule has 190 valence electrons. The first-order valence-electron chi connectivity index (χ1n) is 9.15. The maximum absolute atomic E-state index is 11.5. The number of nitrogens with one attached hydrogen (secondary N) is 2. The molecule has 2 aromatic rings. The topological polar surface area (TPSA) is 272 Å². The van der Waals surface area contributed by atoms with E-state index in [0.29, 0.717) is 0 Å². The molecule has 20 heteroatoms. The van der Waals surface area contributed by atoms with Gasteiger partial charge in [0.2, 0.25) is 0 Å². The normalized spacial score (nSPS) is 13.3. The van der Waals surface area contributed by atoms with E-state index < -0.39 is 78.2 Å². The molecule has 8 N–H and O–H groups in total. The molecule has 2 atom stereocenters. The van der Waals surface area contributed by atoms with Crippen LogP contribution >= 0.6 is 21.7 Å². The zero-order valence-electron chi connectivity index (χ0n) is 21.0. The Morgan fingerprint density at radius 1 is 0.684 bits per heavy atom. The minimum atomic E-state index is -4.46. The number of phenolic OH excluding ortho intramolecular Hbond substituents is 2. The molecule has 38 heavy (non-hydrogen) atoms. The van der Waals surface area contributed by atoms with E-state index in [1.165, 1.54) is 0 Å². The first-order valence-corrected chi connectivity index (χ1v) is 12.1. The van der Waals surface area contributed by atoms with E-state index >= 15 is 0 Å². The molecule has 0 aliphatic heterocycles. The van der Waals surface area contributed by atoms with E-state index in [4.69, 9.17) is 0 Å². The van der Waals surface area contributed by atoms with Crippen molar-refractivity contribution in [2.24, 2.45) is 0 Å². The predicted molar refractivity (Wildman–Crippen MR) is 111 cm³/mol. The SMILES string of the molecule is O=C([O-])C(NCCNC(C(=O)[O-])c1cc(S([O-])(O)O)ccc1O)c1cc(S([O-])(O)O)ccc1O.[Na+].[Na+].[Na+].[Na+]. The van der Waals surface area contributed by atoms with Gasteiger partial charge in [-0.3, -0.25) is 0 Å². The molecular weight excluding hydrogens is 592 g/mol. The Bertz CT molecular complexity index is 989. The van der Waals surface area contributed by atoms with Crippen LogP contribution in [-0.2, 0) is 9.59 Å². The monoisotopic (exact) mass is 612 g/mol. The van der Waals surface area contributed by atoms with Crippen LogP contribution in [0.5, 0.6) is 11.5 Å². The van der Waals surface area contributed by atoms with Gasteiger partial charge >= 0.3 is 118 Å². The second kappa shape index (κ2) is 18.8. The molecule has 14 nitrogen and oxygen atoms in total. The van der Waals surface area contributed by atoms with Gasteiger partial charge in [-0.1, -0.05) is 21.7 Å². The zero-order chi connectivity index (χ0) is 25.8. The van der Waals surface area contributed by atoms with E-state index in [1.54, 1.807) is 0 Å². The van der Waals surface area contributed by atoms with Crippen LogP contribution in [0, 0.1) is 0 Å². The van der Waals surface area contributed by atoms with Gasteiger partial charge in [0.15, 0.2) is 0 Å². The molecule has 0 saturated heterocycles. The van der Waals surface area contributed by atoms with Crippen molar-refractivity contribution in [3.63, 3.8) is 0 Å². The average Bonchev–Trinajstić information content (AvgIpc) is 2.70. The predicted octanol–water partition coefficient (Wildman–Crippen LogP) is -12.9. The van der Waals surface area contributed by atoms with Crippen molar-refractivity contribution in [2.75, 3.05) is 13.1 Å². The van der Waals surface area contributed by atoms with Gasteiger partial charge in [-0.15, -0.1) is 0 Å². The summed E-state index contributed by atoms with van der Waals surface area (Å²) in [6.45, 7) is -0.617. The van der Waals surface area contributed by atoms with Crippen molar-refractivity contribution >= 4 is 33.7 Å². The third-order valence-electron chi connectivity index (χ3n) is 4.53. The number of carboxylic acid groups (broad SMARTS) is 2. The molecule has 0 aliphatic rings. The smallest absolute Gasteiger partial charge is 0.769 e. The molecule has 0 fully saturated rings. The first-order chi connectivity index (χ1) is 15.6. The Labute approximate surface area is 309 Å². The molecule has 0 spiro atoms. The van der Waals surface area contributed by atoms with Crippen molar-refractivity contribution in [3.8, 4) is 11.5 Å². The molecule has 2 unspecified atom stereocenters. The number of aromatic hydroxyl groups is 2. The number of hydrogen-bond acceptors (Lipinski definition) is 14. The molecule has 0 aliphatic carbocycles. The summed E-state index contributed by atoms with van der Waals surface area (Å²) in [4.78, 5) is 21.9. The molecule has 0 aromatic heterocycles. The second-order valence-corrected chi connectivity index (χ2v) is 9.78. The summed E-state index contributed by atoms with van der Waals surface area (Å²) in [5.74, 6) is -4.74. The number of carbonyl (C=O) groups is 2. The summed E-state index contributed by atoms with van der Waals surface area (Å²) in [7, 11) is -8.93. The maximum Gasteiger partial charge on any atom is 1.00 e. The maximum atomic E-state index is 11.5. The number of rotatable bonds is 11. The number of hydrogen-bond donors (Lipinski definition) is 8. The largest absolute Gasteiger partial charge is 1.00 e. The fraction of sp³-hybridized carbons (Fsp3) is 0.222. The van der Waals surface area contributed by atoms with Gasteiger partial charge in [0.1, 0.15) is 11.5 Å². The fourth-order valence-corrected chi connectivity index (χ4v) is 3.98. The summed E-state index contributed by atoms with van der Waals surface area (Å²) < 4.78 is 59.7. The third kappa shape index (κ3) is 12.7. The summed E-state index contributed by atoms with van der Waals surface area (Å²) >= 11 is 0. The van der Waals surface area contributed by atoms with Crippen LogP contribution in [0.15, 0.2) is 46.2 Å². The van der Waals surface area contributed by atoms with Crippen molar-refractivity contribution in [3.05, 3.63) is 47.5 Å². The third-order valence-corrected chi connectivity index (χ3v) is 6.26. The van der Waals surface area contributed by atoms with Gasteiger partial charge in [0.25, 0.3) is 0 Å². The van der Waals surface area contributed by atoms with Crippen molar-refractivity contribution in [1.29, 1.82) is 0 Å². The number of benzene rings is 2. The summed E-state index contributed by atoms with van der Waals surface area (Å²) in [5, 5.41) is 47.7. The standard InChI is InChI=1S/C18H24N2O12S2.4Na/c21-13-3-1-9(33(27,28)29)7-11(13)15(17(23)24)19-5-6-20-16(18(25)26)12-8-10(34(30,31)32)2-4-14(12)22;;;;/h1-4,7-8,15-16,19-22,27-32H,5-6H2,(H,23,24)(H,25,26);;;;/q;4*+1/p-4. The number of aliphatic carboxylic acids is 2. The molecule has 0 saturated carbocycles. The van der Waals surface area contributed by atoms with Gasteiger partial charge in [0, 0.05) is 34.0 Å². The number of carbonyl (C=O) groups excluding carboxylic acids is 2. The molecule has 0 amide bonds. The van der Waals surface area contributed by atoms with E-state index in [0.717, 1.165) is 36.4 Å². The Kier molecular flexibility index (Phi) is 21.7. The van der Waals surface area contributed by atoms with Crippen LogP contribution in [-0.4, -0.2) is 62.6 Å². The van der Waals surface area contributed by atoms with Crippen molar-refractivity contribution in [2.45, 2.75) is 21.9 Å². The van der Waals surface area contributed by atoms with E-state index in [-0.39, 0.29) is 131 Å². The van der Waals surface area contributed by atoms with Crippen molar-refractivity contribution < 1.29 is 176 Å². The van der Waals surface area contributed by atoms with E-state index in [9.17, 15) is 57.3 Å². The van der Waals surface area contributed by atoms with Crippen LogP contribution in [0.25, 0.3) is 0 Å². The van der Waals surface area contributed by atoms with Crippen LogP contribution < -0.4 is 139 Å². The van der Waals surface area contributed by atoms with Crippen LogP contribution in [0.3, 0.4) is 0 Å². The van der Waals surface area contributed by atoms with Crippen LogP contribution in [0.4, 0.5) is 0 Å². The van der Waals surface area contributed by atoms with Gasteiger partial charge in [-0.2, -0.15) is 0 Å². The quantitative estimate of drug-likeness (QED) is 0.0865. The Hall–Kier alpha value is 1.36. The minimum absolute atomic E-state index is 0. The summed E-state index contributed by atoms with van der Waals surface area (Å²) in [6.07, 6.45) is 0. The summed E-state index contributed by atoms with van der Waals surface area (Å²) in [6, 6.07) is 1.60. The number of carboxylic acids is 2. The van der Waals surface area contributed by atoms with Gasteiger partial charge in [-0.25, -0.2) is 0 Å². The van der Waals surface area contributed by atoms with E-state index in [1.807, 2.05) is 0 Å². The first kappa shape index (κ1) is 43.8. The van der Waals surface area contributed by atoms with Crippen LogP contribution in [0.1, 0.15) is 23.2 Å². The Morgan fingerprint density at radius 2 is 0.974 bits per heavy atom. The van der Waals surface area contributed by atoms with Gasteiger partial charge < -0.3 is 68.0 Å². The molecule has 0 bridgehead atoms. The van der Waals surface area contributed by atoms with Crippen molar-refractivity contribution in [1.82, 2.24) is 10.6 Å². The molecule has 2 aromatic carbocycles. The summed E-state index contributed by atoms with van der Waals surface area (Å²) in [5.41, 5.74) is -0.841. The number of phenols is 2. The van der Waals surface area contributed by atoms with Gasteiger partial charge in [0.05, 0.1) is 24.0 Å². The van der Waals surface area contributed by atoms with Crippen LogP contribution in [0.2, 0.25) is 0 Å². The van der Waals surface area contributed by atoms with E-state index in [2.05, 4.69) is 10.6 Å². The minimum Gasteiger partial charge on any atom is -0.769 e. The Balaban J connectivity index is -0.00000306. The zero-order valence-corrected chi connectivity index (χ0v) is 30.6. The Morgan fingerprint density at radius 3 is 1.21 bits per heavy atom.